The van der Waals surface area contributed by atoms with Crippen LogP contribution in [0, 0.1) is 0 Å². The van der Waals surface area contributed by atoms with E-state index in [-0.39, 0.29) is 7.78 Å². The predicted molar refractivity (Wildman–Crippen MR) is 76.6 cm³/mol. The molecule has 3 nitrogen and oxygen atoms in total. The van der Waals surface area contributed by atoms with E-state index in [9.17, 15) is 8.42 Å². The molecule has 1 atom stereocenters. The standard InChI is InChI=1S/C12H27O3PS/c1-2-3-4-5-6-7-8-9-10-11-12-16-17(13,14)15/h16H,2-12H2,1H3,(H,13,14,15). The molecule has 0 spiro atoms. The Kier molecular flexibility index (Phi) is 11.7. The second-order valence-corrected chi connectivity index (χ2v) is 8.70. The zero-order valence-electron chi connectivity index (χ0n) is 11.0. The van der Waals surface area contributed by atoms with Crippen LogP contribution in [-0.2, 0) is 9.74 Å². The maximum Gasteiger partial charge on any atom is 0.278 e. The molecule has 0 bridgehead atoms. The van der Waals surface area contributed by atoms with Gasteiger partial charge in [-0.05, 0) is 12.6 Å². The van der Waals surface area contributed by atoms with Gasteiger partial charge in [-0.15, -0.1) is 0 Å². The fourth-order valence-electron chi connectivity index (χ4n) is 1.81. The Morgan fingerprint density at radius 1 is 0.824 bits per heavy atom. The van der Waals surface area contributed by atoms with Gasteiger partial charge < -0.3 is 0 Å². The molecule has 0 rings (SSSR count). The fraction of sp³-hybridized carbons (Fsp3) is 1.00. The monoisotopic (exact) mass is 282 g/mol. The smallest absolute Gasteiger partial charge is 0.278 e. The van der Waals surface area contributed by atoms with Gasteiger partial charge in [0.2, 0.25) is 0 Å². The molecule has 0 saturated carbocycles. The van der Waals surface area contributed by atoms with Crippen LogP contribution in [-0.4, -0.2) is 19.1 Å². The second kappa shape index (κ2) is 11.4. The molecule has 0 aromatic carbocycles. The molecule has 0 aromatic heterocycles. The van der Waals surface area contributed by atoms with Gasteiger partial charge in [-0.2, -0.15) is 8.42 Å². The first-order valence-electron chi connectivity index (χ1n) is 6.78. The van der Waals surface area contributed by atoms with E-state index in [2.05, 4.69) is 6.92 Å². The van der Waals surface area contributed by atoms with Crippen LogP contribution < -0.4 is 0 Å². The molecular formula is C12H27O3PS. The molecule has 0 saturated heterocycles. The molecule has 0 aromatic rings. The summed E-state index contributed by atoms with van der Waals surface area (Å²) in [7, 11) is -4.03. The first-order valence-corrected chi connectivity index (χ1v) is 10.2. The Bertz CT molecular complexity index is 252. The van der Waals surface area contributed by atoms with E-state index >= 15 is 0 Å². The Hall–Kier alpha value is 0.340. The van der Waals surface area contributed by atoms with Crippen LogP contribution in [0.15, 0.2) is 0 Å². The summed E-state index contributed by atoms with van der Waals surface area (Å²) in [5.74, 6) is 0. The lowest BCUT2D eigenvalue weighted by Gasteiger charge is -2.01. The number of hydrogen-bond donors (Lipinski definition) is 1. The summed E-state index contributed by atoms with van der Waals surface area (Å²) in [5, 5.41) is 0. The lowest BCUT2D eigenvalue weighted by molar-refractivity contribution is 0.502. The van der Waals surface area contributed by atoms with Crippen molar-refractivity contribution in [3.8, 4) is 0 Å². The fourth-order valence-corrected chi connectivity index (χ4v) is 3.67. The summed E-state index contributed by atoms with van der Waals surface area (Å²) in [4.78, 5) is 0. The van der Waals surface area contributed by atoms with Crippen molar-refractivity contribution in [2.75, 3.05) is 6.16 Å². The molecule has 17 heavy (non-hydrogen) atoms. The van der Waals surface area contributed by atoms with Gasteiger partial charge in [0.15, 0.2) is 0 Å². The zero-order chi connectivity index (χ0) is 13.0. The van der Waals surface area contributed by atoms with Crippen molar-refractivity contribution < 1.29 is 13.0 Å². The van der Waals surface area contributed by atoms with Crippen LogP contribution in [0.25, 0.3) is 0 Å². The van der Waals surface area contributed by atoms with Crippen LogP contribution in [0.3, 0.4) is 0 Å². The Labute approximate surface area is 108 Å². The largest absolute Gasteiger partial charge is 0.283 e. The highest BCUT2D eigenvalue weighted by Gasteiger charge is 2.02. The molecule has 0 radical (unpaired) electrons. The van der Waals surface area contributed by atoms with Gasteiger partial charge in [0.25, 0.3) is 9.74 Å². The average Bonchev–Trinajstić information content (AvgIpc) is 2.24. The van der Waals surface area contributed by atoms with Crippen molar-refractivity contribution in [2.45, 2.75) is 71.1 Å². The Morgan fingerprint density at radius 2 is 1.24 bits per heavy atom. The highest BCUT2D eigenvalue weighted by Crippen LogP contribution is 2.20. The van der Waals surface area contributed by atoms with Crippen molar-refractivity contribution in [3.63, 3.8) is 0 Å². The third-order valence-corrected chi connectivity index (χ3v) is 5.44. The van der Waals surface area contributed by atoms with Crippen molar-refractivity contribution in [2.24, 2.45) is 0 Å². The first-order chi connectivity index (χ1) is 8.06. The average molecular weight is 282 g/mol. The highest BCUT2D eigenvalue weighted by molar-refractivity contribution is 8.40. The van der Waals surface area contributed by atoms with Gasteiger partial charge in [0.05, 0.1) is 0 Å². The van der Waals surface area contributed by atoms with Crippen LogP contribution >= 0.6 is 7.78 Å². The van der Waals surface area contributed by atoms with E-state index in [4.69, 9.17) is 4.55 Å². The summed E-state index contributed by atoms with van der Waals surface area (Å²) < 4.78 is 29.5. The molecular weight excluding hydrogens is 255 g/mol. The van der Waals surface area contributed by atoms with Gasteiger partial charge in [-0.1, -0.05) is 64.7 Å². The summed E-state index contributed by atoms with van der Waals surface area (Å²) in [6.07, 6.45) is 13.1. The van der Waals surface area contributed by atoms with E-state index in [1.165, 1.54) is 51.4 Å². The third-order valence-electron chi connectivity index (χ3n) is 2.81. The van der Waals surface area contributed by atoms with Crippen LogP contribution in [0.2, 0.25) is 0 Å². The summed E-state index contributed by atoms with van der Waals surface area (Å²) in [5.41, 5.74) is 0. The molecule has 0 amide bonds. The van der Waals surface area contributed by atoms with Gasteiger partial charge in [0.1, 0.15) is 0 Å². The maximum atomic E-state index is 10.5. The van der Waals surface area contributed by atoms with E-state index < -0.39 is 9.74 Å². The maximum absolute atomic E-state index is 10.5. The molecule has 0 heterocycles. The van der Waals surface area contributed by atoms with E-state index in [1.54, 1.807) is 0 Å². The summed E-state index contributed by atoms with van der Waals surface area (Å²) in [6.45, 7) is 2.23. The van der Waals surface area contributed by atoms with Gasteiger partial charge in [-0.3, -0.25) is 4.55 Å². The molecule has 104 valence electrons. The Balaban J connectivity index is 3.04. The van der Waals surface area contributed by atoms with Gasteiger partial charge in [0, 0.05) is 7.78 Å². The molecule has 0 fully saturated rings. The van der Waals surface area contributed by atoms with Crippen molar-refractivity contribution in [3.05, 3.63) is 0 Å². The number of rotatable bonds is 12. The van der Waals surface area contributed by atoms with Crippen molar-refractivity contribution >= 4 is 17.5 Å². The van der Waals surface area contributed by atoms with E-state index in [0.29, 0.717) is 6.16 Å². The van der Waals surface area contributed by atoms with Crippen molar-refractivity contribution in [1.29, 1.82) is 0 Å². The number of hydrogen-bond acceptors (Lipinski definition) is 2. The molecule has 5 heteroatoms. The lowest BCUT2D eigenvalue weighted by atomic mass is 10.1. The van der Waals surface area contributed by atoms with E-state index in [0.717, 1.165) is 12.8 Å². The Morgan fingerprint density at radius 3 is 1.65 bits per heavy atom. The minimum Gasteiger partial charge on any atom is -0.283 e. The van der Waals surface area contributed by atoms with Crippen LogP contribution in [0.5, 0.6) is 0 Å². The molecule has 1 N–H and O–H groups in total. The zero-order valence-corrected chi connectivity index (χ0v) is 12.8. The normalized spacial score (nSPS) is 12.6. The van der Waals surface area contributed by atoms with E-state index in [1.807, 2.05) is 0 Å². The predicted octanol–water partition coefficient (Wildman–Crippen LogP) is 4.39. The topological polar surface area (TPSA) is 54.4 Å². The van der Waals surface area contributed by atoms with Crippen LogP contribution in [0.4, 0.5) is 0 Å². The third kappa shape index (κ3) is 16.3. The quantitative estimate of drug-likeness (QED) is 0.328. The molecule has 1 unspecified atom stereocenters. The summed E-state index contributed by atoms with van der Waals surface area (Å²) >= 11 is 0. The van der Waals surface area contributed by atoms with Crippen molar-refractivity contribution in [1.82, 2.24) is 0 Å². The SMILES string of the molecule is CCCCCCCCCCCCPS(=O)(=O)O. The highest BCUT2D eigenvalue weighted by atomic mass is 32.8. The molecule has 0 aliphatic heterocycles. The second-order valence-electron chi connectivity index (χ2n) is 4.55. The summed E-state index contributed by atoms with van der Waals surface area (Å²) in [6, 6.07) is 0. The molecule has 0 aliphatic rings. The minimum atomic E-state index is -3.71. The lowest BCUT2D eigenvalue weighted by Crippen LogP contribution is -1.89. The number of unbranched alkanes of at least 4 members (excludes halogenated alkanes) is 9. The first kappa shape index (κ1) is 17.3. The van der Waals surface area contributed by atoms with Gasteiger partial charge >= 0.3 is 0 Å². The minimum absolute atomic E-state index is 0.319. The molecule has 0 aliphatic carbocycles. The van der Waals surface area contributed by atoms with Gasteiger partial charge in [-0.25, -0.2) is 0 Å². The van der Waals surface area contributed by atoms with Crippen LogP contribution in [0.1, 0.15) is 71.1 Å².